The van der Waals surface area contributed by atoms with Gasteiger partial charge in [-0.15, -0.1) is 11.3 Å². The number of aromatic nitrogens is 1. The van der Waals surface area contributed by atoms with Crippen LogP contribution in [0.5, 0.6) is 0 Å². The molecule has 0 aliphatic heterocycles. The van der Waals surface area contributed by atoms with Gasteiger partial charge in [-0.2, -0.15) is 0 Å². The minimum absolute atomic E-state index is 0.193. The number of hydrogen-bond donors (Lipinski definition) is 2. The molecule has 1 amide bonds. The third-order valence-corrected chi connectivity index (χ3v) is 5.34. The van der Waals surface area contributed by atoms with E-state index in [9.17, 15) is 4.79 Å². The van der Waals surface area contributed by atoms with Crippen LogP contribution in [0.2, 0.25) is 10.0 Å². The molecule has 0 fully saturated rings. The normalized spacial score (nSPS) is 12.2. The monoisotopic (exact) mass is 361 g/mol. The van der Waals surface area contributed by atoms with Crippen LogP contribution < -0.4 is 11.1 Å². The van der Waals surface area contributed by atoms with Crippen LogP contribution in [0.1, 0.15) is 12.6 Å². The molecule has 8 heteroatoms. The van der Waals surface area contributed by atoms with Crippen molar-refractivity contribution in [2.75, 3.05) is 11.1 Å². The maximum absolute atomic E-state index is 12.2. The second-order valence-corrected chi connectivity index (χ2v) is 7.62. The van der Waals surface area contributed by atoms with E-state index in [1.54, 1.807) is 19.1 Å². The van der Waals surface area contributed by atoms with Gasteiger partial charge in [0.25, 0.3) is 0 Å². The number of aryl methyl sites for hydroxylation is 1. The number of nitrogens with two attached hydrogens (primary N) is 1. The number of halogens is 2. The second kappa shape index (κ2) is 6.87. The number of carbonyl (C=O) groups is 1. The number of amides is 1. The molecule has 1 atom stereocenters. The van der Waals surface area contributed by atoms with Gasteiger partial charge in [-0.3, -0.25) is 4.79 Å². The average molecular weight is 362 g/mol. The van der Waals surface area contributed by atoms with Crippen molar-refractivity contribution in [1.29, 1.82) is 0 Å². The van der Waals surface area contributed by atoms with Gasteiger partial charge in [-0.1, -0.05) is 35.0 Å². The zero-order valence-electron chi connectivity index (χ0n) is 11.3. The Morgan fingerprint density at radius 2 is 2.05 bits per heavy atom. The van der Waals surface area contributed by atoms with Crippen LogP contribution in [0.15, 0.2) is 21.9 Å². The molecule has 0 saturated carbocycles. The van der Waals surface area contributed by atoms with Gasteiger partial charge in [-0.05, 0) is 26.0 Å². The molecule has 4 nitrogen and oxygen atoms in total. The molecular weight excluding hydrogens is 349 g/mol. The third kappa shape index (κ3) is 4.26. The molecule has 1 unspecified atom stereocenters. The third-order valence-electron chi connectivity index (χ3n) is 2.56. The number of carbonyl (C=O) groups excluding carboxylic acids is 1. The molecule has 2 rings (SSSR count). The van der Waals surface area contributed by atoms with Gasteiger partial charge in [0.1, 0.15) is 0 Å². The molecule has 0 saturated heterocycles. The Morgan fingerprint density at radius 3 is 2.57 bits per heavy atom. The molecule has 0 bridgehead atoms. The molecule has 0 radical (unpaired) electrons. The number of benzene rings is 1. The van der Waals surface area contributed by atoms with Crippen molar-refractivity contribution < 1.29 is 4.79 Å². The van der Waals surface area contributed by atoms with Crippen LogP contribution in [0, 0.1) is 6.92 Å². The lowest BCUT2D eigenvalue weighted by atomic mass is 10.2. The van der Waals surface area contributed by atoms with Crippen molar-refractivity contribution in [3.05, 3.63) is 33.3 Å². The Hall–Kier alpha value is -0.950. The van der Waals surface area contributed by atoms with E-state index >= 15 is 0 Å². The van der Waals surface area contributed by atoms with Crippen molar-refractivity contribution >= 4 is 63.6 Å². The molecule has 0 aliphatic carbocycles. The van der Waals surface area contributed by atoms with Crippen LogP contribution >= 0.6 is 46.3 Å². The first-order valence-electron chi connectivity index (χ1n) is 6.01. The van der Waals surface area contributed by atoms with E-state index in [4.69, 9.17) is 28.9 Å². The van der Waals surface area contributed by atoms with Crippen molar-refractivity contribution in [3.63, 3.8) is 0 Å². The number of nitrogens with zero attached hydrogens (tertiary/aromatic N) is 1. The van der Waals surface area contributed by atoms with Crippen molar-refractivity contribution in [3.8, 4) is 0 Å². The number of nitrogen functional groups attached to an aromatic ring is 1. The van der Waals surface area contributed by atoms with E-state index in [1.165, 1.54) is 23.1 Å². The number of anilines is 2. The fourth-order valence-electron chi connectivity index (χ4n) is 1.53. The Labute approximate surface area is 141 Å². The van der Waals surface area contributed by atoms with Gasteiger partial charge in [0, 0.05) is 16.8 Å². The minimum atomic E-state index is -0.319. The van der Waals surface area contributed by atoms with E-state index in [0.717, 1.165) is 10.0 Å². The van der Waals surface area contributed by atoms with E-state index < -0.39 is 0 Å². The largest absolute Gasteiger partial charge is 0.399 e. The standard InChI is InChI=1S/C13H13Cl2N3OS2/c1-6-5-20-13(17-6)21-7(2)12(19)18-11-9(14)3-8(16)4-10(11)15/h3-5,7H,16H2,1-2H3,(H,18,19). The maximum Gasteiger partial charge on any atom is 0.237 e. The zero-order chi connectivity index (χ0) is 15.6. The van der Waals surface area contributed by atoms with Crippen LogP contribution in [0.4, 0.5) is 11.4 Å². The van der Waals surface area contributed by atoms with Gasteiger partial charge in [0.2, 0.25) is 5.91 Å². The van der Waals surface area contributed by atoms with Gasteiger partial charge < -0.3 is 11.1 Å². The number of nitrogens with one attached hydrogen (secondary N) is 1. The lowest BCUT2D eigenvalue weighted by molar-refractivity contribution is -0.115. The van der Waals surface area contributed by atoms with Gasteiger partial charge in [0.05, 0.1) is 21.0 Å². The zero-order valence-corrected chi connectivity index (χ0v) is 14.5. The van der Waals surface area contributed by atoms with Crippen LogP contribution in [-0.2, 0) is 4.79 Å². The van der Waals surface area contributed by atoms with Crippen molar-refractivity contribution in [1.82, 2.24) is 4.98 Å². The fourth-order valence-corrected chi connectivity index (χ4v) is 4.11. The van der Waals surface area contributed by atoms with Crippen molar-refractivity contribution in [2.24, 2.45) is 0 Å². The summed E-state index contributed by atoms with van der Waals surface area (Å²) >= 11 is 15.0. The number of hydrogen-bond acceptors (Lipinski definition) is 5. The van der Waals surface area contributed by atoms with E-state index in [1.807, 2.05) is 12.3 Å². The van der Waals surface area contributed by atoms with E-state index in [0.29, 0.717) is 21.4 Å². The molecule has 3 N–H and O–H groups in total. The summed E-state index contributed by atoms with van der Waals surface area (Å²) in [6.07, 6.45) is 0. The lowest BCUT2D eigenvalue weighted by Gasteiger charge is -2.13. The molecule has 21 heavy (non-hydrogen) atoms. The summed E-state index contributed by atoms with van der Waals surface area (Å²) in [5.74, 6) is -0.193. The first-order valence-corrected chi connectivity index (χ1v) is 8.52. The molecule has 112 valence electrons. The molecule has 2 aromatic rings. The second-order valence-electron chi connectivity index (χ2n) is 4.36. The summed E-state index contributed by atoms with van der Waals surface area (Å²) in [6, 6.07) is 3.09. The van der Waals surface area contributed by atoms with Gasteiger partial charge >= 0.3 is 0 Å². The SMILES string of the molecule is Cc1csc(SC(C)C(=O)Nc2c(Cl)cc(N)cc2Cl)n1. The van der Waals surface area contributed by atoms with E-state index in [-0.39, 0.29) is 11.2 Å². The van der Waals surface area contributed by atoms with Gasteiger partial charge in [0.15, 0.2) is 4.34 Å². The van der Waals surface area contributed by atoms with Crippen LogP contribution in [0.25, 0.3) is 0 Å². The smallest absolute Gasteiger partial charge is 0.237 e. The Kier molecular flexibility index (Phi) is 5.37. The summed E-state index contributed by atoms with van der Waals surface area (Å²) < 4.78 is 0.852. The van der Waals surface area contributed by atoms with Gasteiger partial charge in [-0.25, -0.2) is 4.98 Å². The minimum Gasteiger partial charge on any atom is -0.399 e. The predicted octanol–water partition coefficient (Wildman–Crippen LogP) is 4.46. The number of rotatable bonds is 4. The first kappa shape index (κ1) is 16.4. The van der Waals surface area contributed by atoms with E-state index in [2.05, 4.69) is 10.3 Å². The van der Waals surface area contributed by atoms with Crippen molar-refractivity contribution in [2.45, 2.75) is 23.4 Å². The molecule has 1 aromatic carbocycles. The summed E-state index contributed by atoms with van der Waals surface area (Å²) in [5, 5.41) is 4.99. The van der Waals surface area contributed by atoms with Crippen LogP contribution in [0.3, 0.4) is 0 Å². The Morgan fingerprint density at radius 1 is 1.43 bits per heavy atom. The summed E-state index contributed by atoms with van der Waals surface area (Å²) in [4.78, 5) is 16.5. The molecular formula is C13H13Cl2N3OS2. The molecule has 0 aliphatic rings. The Balaban J connectivity index is 2.07. The highest BCUT2D eigenvalue weighted by Crippen LogP contribution is 2.34. The summed E-state index contributed by atoms with van der Waals surface area (Å²) in [5.41, 5.74) is 7.40. The highest BCUT2D eigenvalue weighted by molar-refractivity contribution is 8.02. The number of thiazole rings is 1. The summed E-state index contributed by atoms with van der Waals surface area (Å²) in [6.45, 7) is 3.72. The van der Waals surface area contributed by atoms with Crippen LogP contribution in [-0.4, -0.2) is 16.1 Å². The summed E-state index contributed by atoms with van der Waals surface area (Å²) in [7, 11) is 0. The highest BCUT2D eigenvalue weighted by Gasteiger charge is 2.19. The first-order chi connectivity index (χ1) is 9.86. The average Bonchev–Trinajstić information content (AvgIpc) is 2.78. The molecule has 1 aromatic heterocycles. The molecule has 1 heterocycles. The number of thioether (sulfide) groups is 1. The maximum atomic E-state index is 12.2. The molecule has 0 spiro atoms. The predicted molar refractivity (Wildman–Crippen MR) is 91.7 cm³/mol. The quantitative estimate of drug-likeness (QED) is 0.622. The topological polar surface area (TPSA) is 68.0 Å². The Bertz CT molecular complexity index is 652. The highest BCUT2D eigenvalue weighted by atomic mass is 35.5. The lowest BCUT2D eigenvalue weighted by Crippen LogP contribution is -2.22. The fraction of sp³-hybridized carbons (Fsp3) is 0.231.